The molecule has 6 nitrogen and oxygen atoms in total. The Labute approximate surface area is 139 Å². The van der Waals surface area contributed by atoms with Crippen LogP contribution in [0.2, 0.25) is 0 Å². The van der Waals surface area contributed by atoms with Gasteiger partial charge in [-0.2, -0.15) is 0 Å². The fourth-order valence-electron chi connectivity index (χ4n) is 2.67. The van der Waals surface area contributed by atoms with Crippen LogP contribution in [0.3, 0.4) is 0 Å². The number of nitrogens with one attached hydrogen (secondary N) is 1. The van der Waals surface area contributed by atoms with Gasteiger partial charge in [-0.3, -0.25) is 9.78 Å². The van der Waals surface area contributed by atoms with Crippen LogP contribution in [0, 0.1) is 6.92 Å². The number of benzene rings is 1. The lowest BCUT2D eigenvalue weighted by Crippen LogP contribution is -2.34. The maximum Gasteiger partial charge on any atom is 0.330 e. The second-order valence-electron chi connectivity index (χ2n) is 5.79. The molecule has 1 atom stereocenters. The number of carboxylic acids is 1. The molecule has 1 amide bonds. The third kappa shape index (κ3) is 3.53. The second kappa shape index (κ2) is 6.70. The van der Waals surface area contributed by atoms with E-state index in [0.29, 0.717) is 12.2 Å². The Balaban J connectivity index is 1.73. The summed E-state index contributed by atoms with van der Waals surface area (Å²) in [4.78, 5) is 27.9. The summed E-state index contributed by atoms with van der Waals surface area (Å²) in [5.41, 5.74) is 3.12. The SMILES string of the molecule is Cc1ccc(CC(=O)NC(C(=O)O)c2ccc3c(c2)CCO3)cn1. The van der Waals surface area contributed by atoms with Crippen LogP contribution >= 0.6 is 0 Å². The van der Waals surface area contributed by atoms with Gasteiger partial charge in [0.1, 0.15) is 5.75 Å². The Kier molecular flexibility index (Phi) is 4.46. The van der Waals surface area contributed by atoms with Gasteiger partial charge in [-0.1, -0.05) is 12.1 Å². The van der Waals surface area contributed by atoms with Gasteiger partial charge in [-0.15, -0.1) is 0 Å². The molecule has 0 fully saturated rings. The van der Waals surface area contributed by atoms with Crippen LogP contribution in [-0.2, 0) is 22.4 Å². The number of aromatic nitrogens is 1. The van der Waals surface area contributed by atoms with Gasteiger partial charge in [0, 0.05) is 18.3 Å². The monoisotopic (exact) mass is 326 g/mol. The Morgan fingerprint density at radius 2 is 2.17 bits per heavy atom. The quantitative estimate of drug-likeness (QED) is 0.875. The molecular formula is C18H18N2O4. The van der Waals surface area contributed by atoms with Crippen LogP contribution in [-0.4, -0.2) is 28.6 Å². The van der Waals surface area contributed by atoms with Gasteiger partial charge in [0.25, 0.3) is 0 Å². The Morgan fingerprint density at radius 1 is 1.33 bits per heavy atom. The number of ether oxygens (including phenoxy) is 1. The van der Waals surface area contributed by atoms with Crippen molar-refractivity contribution in [2.24, 2.45) is 0 Å². The van der Waals surface area contributed by atoms with Gasteiger partial charge in [-0.25, -0.2) is 4.79 Å². The van der Waals surface area contributed by atoms with Gasteiger partial charge >= 0.3 is 5.97 Å². The average molecular weight is 326 g/mol. The molecular weight excluding hydrogens is 308 g/mol. The first-order chi connectivity index (χ1) is 11.5. The zero-order valence-corrected chi connectivity index (χ0v) is 13.3. The molecule has 2 N–H and O–H groups in total. The fourth-order valence-corrected chi connectivity index (χ4v) is 2.67. The summed E-state index contributed by atoms with van der Waals surface area (Å²) >= 11 is 0. The van der Waals surface area contributed by atoms with Crippen LogP contribution in [0.5, 0.6) is 5.75 Å². The maximum atomic E-state index is 12.2. The number of carbonyl (C=O) groups excluding carboxylic acids is 1. The topological polar surface area (TPSA) is 88.5 Å². The number of aliphatic carboxylic acids is 1. The third-order valence-corrected chi connectivity index (χ3v) is 3.94. The predicted molar refractivity (Wildman–Crippen MR) is 86.8 cm³/mol. The summed E-state index contributed by atoms with van der Waals surface area (Å²) < 4.78 is 5.42. The van der Waals surface area contributed by atoms with Crippen molar-refractivity contribution in [1.82, 2.24) is 10.3 Å². The number of rotatable bonds is 5. The van der Waals surface area contributed by atoms with E-state index in [9.17, 15) is 14.7 Å². The predicted octanol–water partition coefficient (Wildman–Crippen LogP) is 1.81. The Morgan fingerprint density at radius 3 is 2.88 bits per heavy atom. The van der Waals surface area contributed by atoms with Gasteiger partial charge in [0.2, 0.25) is 5.91 Å². The number of carboxylic acid groups (broad SMARTS) is 1. The number of carbonyl (C=O) groups is 2. The fraction of sp³-hybridized carbons (Fsp3) is 0.278. The van der Waals surface area contributed by atoms with E-state index in [1.54, 1.807) is 24.4 Å². The highest BCUT2D eigenvalue weighted by Gasteiger charge is 2.24. The van der Waals surface area contributed by atoms with Gasteiger partial charge in [0.15, 0.2) is 6.04 Å². The molecule has 3 rings (SSSR count). The van der Waals surface area contributed by atoms with Crippen LogP contribution in [0.15, 0.2) is 36.5 Å². The minimum Gasteiger partial charge on any atom is -0.493 e. The van der Waals surface area contributed by atoms with Crippen molar-refractivity contribution in [3.8, 4) is 5.75 Å². The van der Waals surface area contributed by atoms with Crippen molar-refractivity contribution in [1.29, 1.82) is 0 Å². The summed E-state index contributed by atoms with van der Waals surface area (Å²) in [7, 11) is 0. The first-order valence-electron chi connectivity index (χ1n) is 7.72. The normalized spacial score (nSPS) is 13.7. The van der Waals surface area contributed by atoms with Crippen molar-refractivity contribution < 1.29 is 19.4 Å². The van der Waals surface area contributed by atoms with Crippen LogP contribution in [0.25, 0.3) is 0 Å². The van der Waals surface area contributed by atoms with Gasteiger partial charge < -0.3 is 15.2 Å². The Hall–Kier alpha value is -2.89. The second-order valence-corrected chi connectivity index (χ2v) is 5.79. The lowest BCUT2D eigenvalue weighted by Gasteiger charge is -2.16. The minimum absolute atomic E-state index is 0.0884. The largest absolute Gasteiger partial charge is 0.493 e. The van der Waals surface area contributed by atoms with Crippen molar-refractivity contribution in [3.05, 3.63) is 58.9 Å². The summed E-state index contributed by atoms with van der Waals surface area (Å²) in [5, 5.41) is 12.0. The maximum absolute atomic E-state index is 12.2. The van der Waals surface area contributed by atoms with E-state index in [1.165, 1.54) is 0 Å². The molecule has 124 valence electrons. The highest BCUT2D eigenvalue weighted by Crippen LogP contribution is 2.28. The summed E-state index contributed by atoms with van der Waals surface area (Å²) in [5.74, 6) is -0.672. The van der Waals surface area contributed by atoms with E-state index < -0.39 is 12.0 Å². The Bertz CT molecular complexity index is 771. The number of pyridine rings is 1. The van der Waals surface area contributed by atoms with Crippen molar-refractivity contribution >= 4 is 11.9 Å². The molecule has 6 heteroatoms. The number of hydrogen-bond acceptors (Lipinski definition) is 4. The van der Waals surface area contributed by atoms with Crippen LogP contribution in [0.1, 0.15) is 28.4 Å². The lowest BCUT2D eigenvalue weighted by atomic mass is 10.0. The molecule has 0 spiro atoms. The average Bonchev–Trinajstić information content (AvgIpc) is 3.02. The molecule has 1 aromatic carbocycles. The molecule has 24 heavy (non-hydrogen) atoms. The van der Waals surface area contributed by atoms with Crippen LogP contribution < -0.4 is 10.1 Å². The highest BCUT2D eigenvalue weighted by atomic mass is 16.5. The molecule has 1 aromatic heterocycles. The summed E-state index contributed by atoms with van der Waals surface area (Å²) in [6, 6.07) is 7.76. The third-order valence-electron chi connectivity index (χ3n) is 3.94. The van der Waals surface area contributed by atoms with Crippen LogP contribution in [0.4, 0.5) is 0 Å². The minimum atomic E-state index is -1.09. The first kappa shape index (κ1) is 16.0. The molecule has 0 saturated carbocycles. The van der Waals surface area contributed by atoms with E-state index >= 15 is 0 Å². The van der Waals surface area contributed by atoms with Gasteiger partial charge in [0.05, 0.1) is 13.0 Å². The number of amides is 1. The molecule has 2 aromatic rings. The summed E-state index contributed by atoms with van der Waals surface area (Å²) in [6.07, 6.45) is 2.46. The number of hydrogen-bond donors (Lipinski definition) is 2. The summed E-state index contributed by atoms with van der Waals surface area (Å²) in [6.45, 7) is 2.46. The molecule has 0 radical (unpaired) electrons. The molecule has 0 bridgehead atoms. The molecule has 0 saturated heterocycles. The standard InChI is InChI=1S/C18H18N2O4/c1-11-2-3-12(10-19-11)8-16(21)20-17(18(22)23)14-4-5-15-13(9-14)6-7-24-15/h2-5,9-10,17H,6-8H2,1H3,(H,20,21)(H,22,23). The van der Waals surface area contributed by atoms with E-state index in [-0.39, 0.29) is 12.3 Å². The number of fused-ring (bicyclic) bond motifs is 1. The van der Waals surface area contributed by atoms with Crippen molar-refractivity contribution in [2.45, 2.75) is 25.8 Å². The molecule has 1 aliphatic rings. The van der Waals surface area contributed by atoms with E-state index in [2.05, 4.69) is 10.3 Å². The van der Waals surface area contributed by atoms with E-state index in [1.807, 2.05) is 19.1 Å². The lowest BCUT2D eigenvalue weighted by molar-refractivity contribution is -0.141. The number of aryl methyl sites for hydroxylation is 1. The molecule has 1 unspecified atom stereocenters. The highest BCUT2D eigenvalue weighted by molar-refractivity contribution is 5.85. The van der Waals surface area contributed by atoms with Crippen molar-refractivity contribution in [3.63, 3.8) is 0 Å². The van der Waals surface area contributed by atoms with Gasteiger partial charge in [-0.05, 0) is 41.8 Å². The van der Waals surface area contributed by atoms with E-state index in [4.69, 9.17) is 4.74 Å². The molecule has 0 aliphatic carbocycles. The first-order valence-corrected chi connectivity index (χ1v) is 7.72. The zero-order chi connectivity index (χ0) is 17.1. The zero-order valence-electron chi connectivity index (χ0n) is 13.3. The molecule has 2 heterocycles. The van der Waals surface area contributed by atoms with Crippen molar-refractivity contribution in [2.75, 3.05) is 6.61 Å². The molecule has 1 aliphatic heterocycles. The van der Waals surface area contributed by atoms with E-state index in [0.717, 1.165) is 29.0 Å². The number of nitrogens with zero attached hydrogens (tertiary/aromatic N) is 1. The smallest absolute Gasteiger partial charge is 0.330 e.